The lowest BCUT2D eigenvalue weighted by Gasteiger charge is -2.24. The zero-order valence-electron chi connectivity index (χ0n) is 24.4. The highest BCUT2D eigenvalue weighted by Crippen LogP contribution is 2.44. The van der Waals surface area contributed by atoms with Crippen molar-refractivity contribution in [2.24, 2.45) is 18.9 Å². The number of anilines is 2. The Morgan fingerprint density at radius 1 is 1.12 bits per heavy atom. The van der Waals surface area contributed by atoms with Gasteiger partial charge in [-0.15, -0.1) is 0 Å². The van der Waals surface area contributed by atoms with Crippen LogP contribution in [-0.2, 0) is 7.05 Å². The molecule has 0 bridgehead atoms. The average Bonchev–Trinajstić information content (AvgIpc) is 3.66. The van der Waals surface area contributed by atoms with Gasteiger partial charge in [-0.05, 0) is 74.8 Å². The number of nitrogens with one attached hydrogen (secondary N) is 2. The topological polar surface area (TPSA) is 110 Å². The second-order valence-corrected chi connectivity index (χ2v) is 12.6. The number of aryl methyl sites for hydroxylation is 2. The number of benzene rings is 1. The number of rotatable bonds is 7. The molecule has 2 N–H and O–H groups in total. The smallest absolute Gasteiger partial charge is 0.281 e. The first kappa shape index (κ1) is 28.5. The Hall–Kier alpha value is -3.57. The van der Waals surface area contributed by atoms with Crippen LogP contribution in [0.4, 0.5) is 11.6 Å². The summed E-state index contributed by atoms with van der Waals surface area (Å²) in [5.41, 5.74) is 4.38. The highest BCUT2D eigenvalue weighted by molar-refractivity contribution is 7.97. The summed E-state index contributed by atoms with van der Waals surface area (Å²) in [4.78, 5) is 38.1. The monoisotopic (exact) mass is 606 g/mol. The van der Waals surface area contributed by atoms with Crippen LogP contribution in [0.1, 0.15) is 59.0 Å². The molecule has 1 amide bonds. The molecule has 1 aliphatic heterocycles. The van der Waals surface area contributed by atoms with Crippen molar-refractivity contribution < 1.29 is 4.79 Å². The summed E-state index contributed by atoms with van der Waals surface area (Å²) in [6.07, 6.45) is 7.99. The van der Waals surface area contributed by atoms with Crippen molar-refractivity contribution >= 4 is 52.0 Å². The molecular weight excluding hydrogens is 572 g/mol. The Kier molecular flexibility index (Phi) is 7.65. The van der Waals surface area contributed by atoms with E-state index in [1.54, 1.807) is 23.0 Å². The van der Waals surface area contributed by atoms with Crippen molar-refractivity contribution in [3.63, 3.8) is 0 Å². The molecule has 1 saturated heterocycles. The van der Waals surface area contributed by atoms with E-state index in [4.69, 9.17) is 16.6 Å². The summed E-state index contributed by atoms with van der Waals surface area (Å²) in [5.74, 6) is 1.42. The molecule has 10 nitrogen and oxygen atoms in total. The van der Waals surface area contributed by atoms with E-state index in [9.17, 15) is 9.59 Å². The largest absolute Gasteiger partial charge is 0.377 e. The molecule has 6 rings (SSSR count). The molecule has 1 saturated carbocycles. The summed E-state index contributed by atoms with van der Waals surface area (Å²) in [5, 5.41) is 8.80. The molecule has 42 heavy (non-hydrogen) atoms. The number of hydrogen-bond donors (Lipinski definition) is 2. The van der Waals surface area contributed by atoms with Gasteiger partial charge in [0.1, 0.15) is 5.15 Å². The fraction of sp³-hybridized carbons (Fsp3) is 0.433. The maximum Gasteiger partial charge on any atom is 0.281 e. The maximum atomic E-state index is 13.7. The van der Waals surface area contributed by atoms with Gasteiger partial charge in [-0.3, -0.25) is 23.6 Å². The molecule has 4 heterocycles. The molecule has 4 aromatic rings. The zero-order valence-corrected chi connectivity index (χ0v) is 26.0. The normalized spacial score (nSPS) is 20.6. The number of pyridine rings is 1. The van der Waals surface area contributed by atoms with Gasteiger partial charge in [0, 0.05) is 38.2 Å². The number of amides is 1. The van der Waals surface area contributed by atoms with Crippen molar-refractivity contribution in [3.8, 4) is 0 Å². The number of carbonyl (C=O) groups excluding carboxylic acids is 1. The van der Waals surface area contributed by atoms with Crippen LogP contribution in [0.3, 0.4) is 0 Å². The van der Waals surface area contributed by atoms with Crippen molar-refractivity contribution in [1.29, 1.82) is 0 Å². The lowest BCUT2D eigenvalue weighted by Crippen LogP contribution is -2.31. The number of aromatic nitrogens is 5. The third-order valence-corrected chi connectivity index (χ3v) is 9.15. The van der Waals surface area contributed by atoms with Crippen molar-refractivity contribution in [2.75, 3.05) is 29.6 Å². The molecule has 3 atom stereocenters. The van der Waals surface area contributed by atoms with E-state index in [0.29, 0.717) is 40.4 Å². The van der Waals surface area contributed by atoms with Crippen LogP contribution in [-0.4, -0.2) is 49.6 Å². The SMILES string of the molecule is CSNC(=O)c1nc(Cl)ccc1NC(C)c1cc(C)cc2c(=O)n(C)c(N3CC4CC(n5cc(C)cn5)CC4C3)nc12. The highest BCUT2D eigenvalue weighted by atomic mass is 35.5. The van der Waals surface area contributed by atoms with E-state index in [2.05, 4.69) is 48.9 Å². The second-order valence-electron chi connectivity index (χ2n) is 11.6. The van der Waals surface area contributed by atoms with Crippen molar-refractivity contribution in [2.45, 2.75) is 45.7 Å². The first-order valence-corrected chi connectivity index (χ1v) is 15.8. The molecular formula is C30H35ClN8O2S. The van der Waals surface area contributed by atoms with Gasteiger partial charge in [-0.1, -0.05) is 29.6 Å². The van der Waals surface area contributed by atoms with Gasteiger partial charge in [0.25, 0.3) is 11.5 Å². The van der Waals surface area contributed by atoms with Crippen LogP contribution in [0.25, 0.3) is 10.9 Å². The van der Waals surface area contributed by atoms with Crippen LogP contribution in [0.5, 0.6) is 0 Å². The molecule has 220 valence electrons. The Morgan fingerprint density at radius 2 is 1.86 bits per heavy atom. The standard InChI is InChI=1S/C30H35ClN8O2S/c1-16-8-22(18(3)33-24-6-7-25(31)34-27(24)28(40)36-42-5)26-23(9-16)29(41)37(4)30(35-26)38-14-19-10-21(11-20(19)15-38)39-13-17(2)12-32-39/h6-9,12-13,18-21,33H,10-11,14-15H2,1-5H3,(H,36,40). The van der Waals surface area contributed by atoms with Gasteiger partial charge >= 0.3 is 0 Å². The molecule has 2 aliphatic rings. The van der Waals surface area contributed by atoms with E-state index < -0.39 is 0 Å². The first-order chi connectivity index (χ1) is 20.1. The van der Waals surface area contributed by atoms with Gasteiger partial charge in [0.15, 0.2) is 5.69 Å². The van der Waals surface area contributed by atoms with E-state index in [0.717, 1.165) is 37.1 Å². The number of fused-ring (bicyclic) bond motifs is 2. The molecule has 2 fully saturated rings. The van der Waals surface area contributed by atoms with Crippen LogP contribution >= 0.6 is 23.5 Å². The van der Waals surface area contributed by atoms with Gasteiger partial charge in [0.2, 0.25) is 5.95 Å². The minimum atomic E-state index is -0.340. The summed E-state index contributed by atoms with van der Waals surface area (Å²) in [6, 6.07) is 7.50. The molecule has 3 unspecified atom stereocenters. The molecule has 12 heteroatoms. The van der Waals surface area contributed by atoms with Crippen LogP contribution in [0, 0.1) is 25.7 Å². The van der Waals surface area contributed by atoms with E-state index in [-0.39, 0.29) is 28.4 Å². The average molecular weight is 607 g/mol. The van der Waals surface area contributed by atoms with Crippen molar-refractivity contribution in [3.05, 3.63) is 74.6 Å². The summed E-state index contributed by atoms with van der Waals surface area (Å²) < 4.78 is 6.52. The third kappa shape index (κ3) is 5.24. The molecule has 1 aliphatic carbocycles. The number of carbonyl (C=O) groups is 1. The number of halogens is 1. The predicted molar refractivity (Wildman–Crippen MR) is 168 cm³/mol. The molecule has 0 spiro atoms. The van der Waals surface area contributed by atoms with Gasteiger partial charge in [-0.25, -0.2) is 9.97 Å². The second kappa shape index (κ2) is 11.3. The van der Waals surface area contributed by atoms with Gasteiger partial charge < -0.3 is 10.2 Å². The Balaban J connectivity index is 1.31. The minimum Gasteiger partial charge on any atom is -0.377 e. The Labute approximate surface area is 254 Å². The molecule has 1 aromatic carbocycles. The molecule has 0 radical (unpaired) electrons. The summed E-state index contributed by atoms with van der Waals surface area (Å²) in [7, 11) is 1.81. The minimum absolute atomic E-state index is 0.0673. The van der Waals surface area contributed by atoms with Crippen molar-refractivity contribution in [1.82, 2.24) is 29.0 Å². The van der Waals surface area contributed by atoms with Crippen LogP contribution < -0.4 is 20.5 Å². The first-order valence-electron chi connectivity index (χ1n) is 14.2. The van der Waals surface area contributed by atoms with Gasteiger partial charge in [-0.2, -0.15) is 5.10 Å². The fourth-order valence-corrected chi connectivity index (χ4v) is 7.04. The highest BCUT2D eigenvalue weighted by Gasteiger charge is 2.43. The fourth-order valence-electron chi connectivity index (χ4n) is 6.61. The summed E-state index contributed by atoms with van der Waals surface area (Å²) in [6.45, 7) is 7.78. The van der Waals surface area contributed by atoms with E-state index in [1.165, 1.54) is 17.5 Å². The summed E-state index contributed by atoms with van der Waals surface area (Å²) >= 11 is 7.31. The predicted octanol–water partition coefficient (Wildman–Crippen LogP) is 5.06. The lowest BCUT2D eigenvalue weighted by atomic mass is 10.0. The number of hydrogen-bond acceptors (Lipinski definition) is 8. The van der Waals surface area contributed by atoms with E-state index >= 15 is 0 Å². The maximum absolute atomic E-state index is 13.7. The zero-order chi connectivity index (χ0) is 29.7. The Bertz CT molecular complexity index is 1720. The van der Waals surface area contributed by atoms with Crippen LogP contribution in [0.2, 0.25) is 5.15 Å². The molecule has 3 aromatic heterocycles. The quantitative estimate of drug-likeness (QED) is 0.222. The third-order valence-electron chi connectivity index (χ3n) is 8.55. The van der Waals surface area contributed by atoms with Gasteiger partial charge in [0.05, 0.1) is 34.9 Å². The number of nitrogens with zero attached hydrogens (tertiary/aromatic N) is 6. The van der Waals surface area contributed by atoms with E-state index in [1.807, 2.05) is 33.2 Å². The van der Waals surface area contributed by atoms with Crippen LogP contribution in [0.15, 0.2) is 41.5 Å². The Morgan fingerprint density at radius 3 is 2.52 bits per heavy atom. The lowest BCUT2D eigenvalue weighted by molar-refractivity contribution is 0.0980.